The monoisotopic (exact) mass is 150 g/mol. The Morgan fingerprint density at radius 1 is 1.00 bits per heavy atom. The predicted molar refractivity (Wildman–Crippen MR) is 40.9 cm³/mol. The first-order valence-corrected chi connectivity index (χ1v) is 4.99. The molecule has 5 aliphatic carbocycles. The molecule has 4 unspecified atom stereocenters. The summed E-state index contributed by atoms with van der Waals surface area (Å²) in [5, 5.41) is 10.1. The van der Waals surface area contributed by atoms with Crippen LogP contribution in [0, 0.1) is 29.6 Å². The largest absolute Gasteiger partial charge is 0.390 e. The number of aliphatic hydroxyl groups is 1. The number of hydrogen-bond acceptors (Lipinski definition) is 1. The summed E-state index contributed by atoms with van der Waals surface area (Å²) in [4.78, 5) is 0. The minimum Gasteiger partial charge on any atom is -0.390 e. The first-order chi connectivity index (χ1) is 5.27. The van der Waals surface area contributed by atoms with Gasteiger partial charge in [-0.25, -0.2) is 0 Å². The van der Waals surface area contributed by atoms with Crippen molar-refractivity contribution in [2.24, 2.45) is 29.6 Å². The van der Waals surface area contributed by atoms with Crippen molar-refractivity contribution >= 4 is 0 Å². The van der Waals surface area contributed by atoms with Gasteiger partial charge in [-0.2, -0.15) is 0 Å². The van der Waals surface area contributed by atoms with Crippen LogP contribution in [0.25, 0.3) is 0 Å². The standard InChI is InChI=1S/C10H14O/c11-10-2-5-1-6(3-10)9-7(4-10)8(5)9/h5-9,11H,1-4H2/t5-,6+,7?,8?,9?,10?. The summed E-state index contributed by atoms with van der Waals surface area (Å²) in [5.41, 5.74) is -0.179. The third-order valence-corrected chi connectivity index (χ3v) is 4.89. The van der Waals surface area contributed by atoms with Crippen molar-refractivity contribution in [1.82, 2.24) is 0 Å². The Hall–Kier alpha value is -0.0400. The van der Waals surface area contributed by atoms with Crippen LogP contribution in [0.2, 0.25) is 0 Å². The van der Waals surface area contributed by atoms with Gasteiger partial charge in [-0.1, -0.05) is 0 Å². The molecule has 5 rings (SSSR count). The Balaban J connectivity index is 1.87. The van der Waals surface area contributed by atoms with Crippen molar-refractivity contribution in [3.63, 3.8) is 0 Å². The van der Waals surface area contributed by atoms with Gasteiger partial charge in [-0.3, -0.25) is 0 Å². The minimum absolute atomic E-state index is 0.179. The summed E-state index contributed by atoms with van der Waals surface area (Å²) in [5.74, 6) is 5.04. The van der Waals surface area contributed by atoms with E-state index < -0.39 is 0 Å². The molecule has 0 saturated heterocycles. The van der Waals surface area contributed by atoms with Crippen LogP contribution < -0.4 is 0 Å². The van der Waals surface area contributed by atoms with Gasteiger partial charge >= 0.3 is 0 Å². The molecule has 6 atom stereocenters. The second kappa shape index (κ2) is 1.28. The van der Waals surface area contributed by atoms with Gasteiger partial charge in [-0.15, -0.1) is 0 Å². The van der Waals surface area contributed by atoms with E-state index in [9.17, 15) is 5.11 Å². The van der Waals surface area contributed by atoms with E-state index in [0.29, 0.717) is 0 Å². The molecule has 0 aromatic rings. The summed E-state index contributed by atoms with van der Waals surface area (Å²) < 4.78 is 0. The van der Waals surface area contributed by atoms with Crippen molar-refractivity contribution in [1.29, 1.82) is 0 Å². The first-order valence-electron chi connectivity index (χ1n) is 4.99. The molecule has 0 aromatic heterocycles. The highest BCUT2D eigenvalue weighted by atomic mass is 16.3. The molecule has 11 heavy (non-hydrogen) atoms. The van der Waals surface area contributed by atoms with Crippen LogP contribution in [-0.4, -0.2) is 10.7 Å². The molecule has 1 N–H and O–H groups in total. The van der Waals surface area contributed by atoms with E-state index in [4.69, 9.17) is 0 Å². The lowest BCUT2D eigenvalue weighted by molar-refractivity contribution is -0.0757. The van der Waals surface area contributed by atoms with E-state index in [-0.39, 0.29) is 5.60 Å². The second-order valence-corrected chi connectivity index (χ2v) is 5.41. The van der Waals surface area contributed by atoms with Crippen LogP contribution in [0.1, 0.15) is 25.7 Å². The SMILES string of the molecule is OC12CC3C4C3[C@@H](C[C@@H]4C1)C2. The van der Waals surface area contributed by atoms with Crippen molar-refractivity contribution in [3.05, 3.63) is 0 Å². The molecule has 0 aromatic carbocycles. The Morgan fingerprint density at radius 2 is 1.64 bits per heavy atom. The fourth-order valence-electron chi connectivity index (χ4n) is 4.83. The zero-order valence-corrected chi connectivity index (χ0v) is 6.66. The summed E-state index contributed by atoms with van der Waals surface area (Å²) in [6.45, 7) is 0. The lowest BCUT2D eigenvalue weighted by Crippen LogP contribution is -2.43. The predicted octanol–water partition coefficient (Wildman–Crippen LogP) is 1.41. The maximum Gasteiger partial charge on any atom is 0.0656 e. The van der Waals surface area contributed by atoms with E-state index in [1.54, 1.807) is 0 Å². The highest BCUT2D eigenvalue weighted by Crippen LogP contribution is 2.75. The van der Waals surface area contributed by atoms with Gasteiger partial charge in [0.15, 0.2) is 0 Å². The summed E-state index contributed by atoms with van der Waals surface area (Å²) in [7, 11) is 0. The Labute approximate surface area is 66.8 Å². The lowest BCUT2D eigenvalue weighted by atomic mass is 9.65. The van der Waals surface area contributed by atoms with Gasteiger partial charge in [0.2, 0.25) is 0 Å². The van der Waals surface area contributed by atoms with Crippen LogP contribution in [-0.2, 0) is 0 Å². The lowest BCUT2D eigenvalue weighted by Gasteiger charge is -2.44. The van der Waals surface area contributed by atoms with Crippen molar-refractivity contribution in [2.75, 3.05) is 0 Å². The fraction of sp³-hybridized carbons (Fsp3) is 1.00. The molecule has 5 fully saturated rings. The van der Waals surface area contributed by atoms with Gasteiger partial charge in [-0.05, 0) is 55.3 Å². The second-order valence-electron chi connectivity index (χ2n) is 5.41. The molecule has 1 heteroatoms. The number of hydrogen-bond donors (Lipinski definition) is 1. The molecule has 0 amide bonds. The third kappa shape index (κ3) is 0.462. The highest BCUT2D eigenvalue weighted by Gasteiger charge is 2.71. The minimum atomic E-state index is -0.179. The van der Waals surface area contributed by atoms with Crippen molar-refractivity contribution in [2.45, 2.75) is 31.3 Å². The zero-order chi connectivity index (χ0) is 7.22. The molecule has 0 spiro atoms. The molecule has 0 aliphatic heterocycles. The smallest absolute Gasteiger partial charge is 0.0656 e. The third-order valence-electron chi connectivity index (χ3n) is 4.89. The molecule has 60 valence electrons. The average Bonchev–Trinajstić information content (AvgIpc) is 2.51. The van der Waals surface area contributed by atoms with E-state index in [0.717, 1.165) is 48.9 Å². The van der Waals surface area contributed by atoms with Gasteiger partial charge < -0.3 is 5.11 Å². The molecular weight excluding hydrogens is 136 g/mol. The molecule has 4 bridgehead atoms. The maximum absolute atomic E-state index is 10.1. The van der Waals surface area contributed by atoms with Gasteiger partial charge in [0.1, 0.15) is 0 Å². The Kier molecular flexibility index (Phi) is 0.651. The fourth-order valence-corrected chi connectivity index (χ4v) is 4.83. The van der Waals surface area contributed by atoms with E-state index in [1.807, 2.05) is 0 Å². The van der Waals surface area contributed by atoms with E-state index in [2.05, 4.69) is 0 Å². The number of rotatable bonds is 0. The average molecular weight is 150 g/mol. The molecule has 0 heterocycles. The maximum atomic E-state index is 10.1. The van der Waals surface area contributed by atoms with Gasteiger partial charge in [0.25, 0.3) is 0 Å². The highest BCUT2D eigenvalue weighted by molar-refractivity contribution is 5.20. The Morgan fingerprint density at radius 3 is 2.18 bits per heavy atom. The van der Waals surface area contributed by atoms with Crippen LogP contribution in [0.3, 0.4) is 0 Å². The molecule has 1 nitrogen and oxygen atoms in total. The topological polar surface area (TPSA) is 20.2 Å². The van der Waals surface area contributed by atoms with E-state index >= 15 is 0 Å². The molecule has 5 saturated carbocycles. The van der Waals surface area contributed by atoms with Crippen LogP contribution in [0.15, 0.2) is 0 Å². The zero-order valence-electron chi connectivity index (χ0n) is 6.66. The van der Waals surface area contributed by atoms with Gasteiger partial charge in [0.05, 0.1) is 5.60 Å². The normalized spacial score (nSPS) is 75.5. The van der Waals surface area contributed by atoms with Crippen molar-refractivity contribution in [3.8, 4) is 0 Å². The Bertz CT molecular complexity index is 217. The summed E-state index contributed by atoms with van der Waals surface area (Å²) >= 11 is 0. The van der Waals surface area contributed by atoms with Gasteiger partial charge in [0, 0.05) is 0 Å². The van der Waals surface area contributed by atoms with Crippen LogP contribution >= 0.6 is 0 Å². The summed E-state index contributed by atoms with van der Waals surface area (Å²) in [6.07, 6.45) is 4.94. The van der Waals surface area contributed by atoms with Crippen LogP contribution in [0.5, 0.6) is 0 Å². The molecule has 5 aliphatic rings. The molecule has 0 radical (unpaired) electrons. The van der Waals surface area contributed by atoms with Crippen LogP contribution in [0.4, 0.5) is 0 Å². The quantitative estimate of drug-likeness (QED) is 0.553. The van der Waals surface area contributed by atoms with Crippen molar-refractivity contribution < 1.29 is 5.11 Å². The van der Waals surface area contributed by atoms with E-state index in [1.165, 1.54) is 6.42 Å². The molecular formula is C10H14O. The first kappa shape index (κ1) is 5.58. The summed E-state index contributed by atoms with van der Waals surface area (Å²) in [6, 6.07) is 0.